The first kappa shape index (κ1) is 16.8. The van der Waals surface area contributed by atoms with Crippen molar-refractivity contribution in [3.05, 3.63) is 0 Å². The zero-order valence-corrected chi connectivity index (χ0v) is 13.4. The predicted molar refractivity (Wildman–Crippen MR) is 84.4 cm³/mol. The van der Waals surface area contributed by atoms with Gasteiger partial charge in [-0.05, 0) is 18.8 Å². The van der Waals surface area contributed by atoms with E-state index in [2.05, 4.69) is 0 Å². The first-order valence-corrected chi connectivity index (χ1v) is 9.10. The summed E-state index contributed by atoms with van der Waals surface area (Å²) in [6.07, 6.45) is 18.4. The van der Waals surface area contributed by atoms with Gasteiger partial charge in [0.15, 0.2) is 5.60 Å². The summed E-state index contributed by atoms with van der Waals surface area (Å²) < 4.78 is 5.09. The number of unbranched alkanes of at least 4 members (excludes halogenated alkanes) is 4. The summed E-state index contributed by atoms with van der Waals surface area (Å²) >= 11 is 0. The normalized spacial score (nSPS) is 27.0. The lowest BCUT2D eigenvalue weighted by molar-refractivity contribution is -0.143. The van der Waals surface area contributed by atoms with Gasteiger partial charge in [-0.25, -0.2) is 4.79 Å². The van der Waals surface area contributed by atoms with Crippen molar-refractivity contribution < 1.29 is 14.6 Å². The maximum absolute atomic E-state index is 11.0. The fourth-order valence-corrected chi connectivity index (χ4v) is 3.67. The Morgan fingerprint density at radius 2 is 1.52 bits per heavy atom. The zero-order valence-electron chi connectivity index (χ0n) is 13.4. The summed E-state index contributed by atoms with van der Waals surface area (Å²) in [5.41, 5.74) is -0.793. The molecule has 1 atom stereocenters. The Labute approximate surface area is 129 Å². The molecule has 0 aromatic heterocycles. The van der Waals surface area contributed by atoms with Gasteiger partial charge in [-0.3, -0.25) is 0 Å². The Morgan fingerprint density at radius 1 is 0.952 bits per heavy atom. The molecule has 0 aromatic carbocycles. The molecule has 1 aliphatic heterocycles. The molecule has 1 unspecified atom stereocenters. The van der Waals surface area contributed by atoms with Gasteiger partial charge in [-0.2, -0.15) is 0 Å². The molecule has 0 aromatic rings. The number of carboxylic acid groups (broad SMARTS) is 1. The van der Waals surface area contributed by atoms with Crippen LogP contribution in [0.25, 0.3) is 0 Å². The molecule has 0 bridgehead atoms. The van der Waals surface area contributed by atoms with Gasteiger partial charge in [0.05, 0.1) is 6.61 Å². The Balaban J connectivity index is 1.43. The van der Waals surface area contributed by atoms with Crippen LogP contribution in [0.5, 0.6) is 0 Å². The van der Waals surface area contributed by atoms with Crippen molar-refractivity contribution in [1.29, 1.82) is 0 Å². The molecule has 2 aliphatic rings. The topological polar surface area (TPSA) is 49.8 Å². The third kappa shape index (κ3) is 5.98. The fraction of sp³-hybridized carbons (Fsp3) is 0.944. The summed E-state index contributed by atoms with van der Waals surface area (Å²) in [4.78, 5) is 11.0. The number of rotatable bonds is 9. The largest absolute Gasteiger partial charge is 0.479 e. The van der Waals surface area contributed by atoms with Crippen molar-refractivity contribution in [2.75, 3.05) is 6.61 Å². The quantitative estimate of drug-likeness (QED) is 0.485. The van der Waals surface area contributed by atoms with Crippen molar-refractivity contribution >= 4 is 5.97 Å². The van der Waals surface area contributed by atoms with E-state index in [0.717, 1.165) is 18.8 Å². The van der Waals surface area contributed by atoms with Crippen molar-refractivity contribution in [3.63, 3.8) is 0 Å². The summed E-state index contributed by atoms with van der Waals surface area (Å²) in [6.45, 7) is 0.421. The van der Waals surface area contributed by atoms with Crippen LogP contribution >= 0.6 is 0 Å². The minimum absolute atomic E-state index is 0.421. The molecule has 1 aliphatic carbocycles. The summed E-state index contributed by atoms with van der Waals surface area (Å²) in [6, 6.07) is 0. The second-order valence-electron chi connectivity index (χ2n) is 7.11. The Kier molecular flexibility index (Phi) is 7.01. The lowest BCUT2D eigenvalue weighted by atomic mass is 9.87. The van der Waals surface area contributed by atoms with Crippen LogP contribution in [-0.2, 0) is 9.53 Å². The van der Waals surface area contributed by atoms with Crippen LogP contribution in [0, 0.1) is 5.92 Å². The molecule has 3 nitrogen and oxygen atoms in total. The van der Waals surface area contributed by atoms with E-state index >= 15 is 0 Å². The van der Waals surface area contributed by atoms with E-state index in [9.17, 15) is 4.79 Å². The van der Waals surface area contributed by atoms with Crippen LogP contribution in [0.3, 0.4) is 0 Å². The van der Waals surface area contributed by atoms with Crippen LogP contribution in [0.15, 0.2) is 0 Å². The van der Waals surface area contributed by atoms with Crippen molar-refractivity contribution in [1.82, 2.24) is 0 Å². The van der Waals surface area contributed by atoms with Gasteiger partial charge in [0.2, 0.25) is 0 Å². The molecule has 1 saturated heterocycles. The van der Waals surface area contributed by atoms with E-state index in [4.69, 9.17) is 9.84 Å². The molecule has 122 valence electrons. The second-order valence-corrected chi connectivity index (χ2v) is 7.11. The molecule has 21 heavy (non-hydrogen) atoms. The van der Waals surface area contributed by atoms with Crippen LogP contribution in [0.4, 0.5) is 0 Å². The van der Waals surface area contributed by atoms with Gasteiger partial charge >= 0.3 is 5.97 Å². The van der Waals surface area contributed by atoms with E-state index < -0.39 is 11.6 Å². The van der Waals surface area contributed by atoms with Crippen LogP contribution in [0.2, 0.25) is 0 Å². The minimum Gasteiger partial charge on any atom is -0.479 e. The molecule has 1 saturated carbocycles. The van der Waals surface area contributed by atoms with E-state index in [1.807, 2.05) is 0 Å². The number of epoxide rings is 1. The number of carbonyl (C=O) groups is 1. The monoisotopic (exact) mass is 296 g/mol. The average molecular weight is 296 g/mol. The molecular formula is C18H32O3. The standard InChI is InChI=1S/C18H32O3/c19-17(20)18(15-21-18)14-10-6-2-5-9-13-16-11-7-3-1-4-8-12-16/h16H,1-15H2,(H,19,20). The van der Waals surface area contributed by atoms with Crippen LogP contribution in [-0.4, -0.2) is 23.3 Å². The molecule has 0 spiro atoms. The number of carboxylic acids is 1. The molecule has 1 heterocycles. The molecule has 2 fully saturated rings. The molecule has 2 rings (SSSR count). The van der Waals surface area contributed by atoms with Crippen molar-refractivity contribution in [2.24, 2.45) is 5.92 Å². The molecule has 0 amide bonds. The summed E-state index contributed by atoms with van der Waals surface area (Å²) in [5.74, 6) is 0.215. The van der Waals surface area contributed by atoms with Gasteiger partial charge in [0.1, 0.15) is 0 Å². The highest BCUT2D eigenvalue weighted by Gasteiger charge is 2.51. The van der Waals surface area contributed by atoms with Crippen LogP contribution < -0.4 is 0 Å². The van der Waals surface area contributed by atoms with Gasteiger partial charge in [-0.15, -0.1) is 0 Å². The number of hydrogen-bond acceptors (Lipinski definition) is 2. The van der Waals surface area contributed by atoms with Crippen LogP contribution in [0.1, 0.15) is 89.9 Å². The van der Waals surface area contributed by atoms with Gasteiger partial charge in [0, 0.05) is 0 Å². The molecular weight excluding hydrogens is 264 g/mol. The third-order valence-corrected chi connectivity index (χ3v) is 5.30. The van der Waals surface area contributed by atoms with E-state index in [1.54, 1.807) is 0 Å². The smallest absolute Gasteiger partial charge is 0.338 e. The average Bonchev–Trinajstić information content (AvgIpc) is 3.20. The summed E-state index contributed by atoms with van der Waals surface area (Å²) in [7, 11) is 0. The summed E-state index contributed by atoms with van der Waals surface area (Å²) in [5, 5.41) is 9.01. The highest BCUT2D eigenvalue weighted by atomic mass is 16.6. The highest BCUT2D eigenvalue weighted by molar-refractivity contribution is 5.80. The maximum atomic E-state index is 11.0. The van der Waals surface area contributed by atoms with Gasteiger partial charge in [-0.1, -0.05) is 77.0 Å². The number of ether oxygens (including phenoxy) is 1. The first-order chi connectivity index (χ1) is 10.2. The predicted octanol–water partition coefficient (Wildman–Crippen LogP) is 4.93. The Bertz CT molecular complexity index is 302. The third-order valence-electron chi connectivity index (χ3n) is 5.30. The zero-order chi connectivity index (χ0) is 15.0. The van der Waals surface area contributed by atoms with Crippen molar-refractivity contribution in [2.45, 2.75) is 95.5 Å². The molecule has 3 heteroatoms. The van der Waals surface area contributed by atoms with Gasteiger partial charge < -0.3 is 9.84 Å². The second kappa shape index (κ2) is 8.77. The minimum atomic E-state index is -0.793. The van der Waals surface area contributed by atoms with E-state index in [-0.39, 0.29) is 0 Å². The SMILES string of the molecule is O=C(O)C1(CCCCCCCC2CCCCCCC2)CO1. The molecule has 1 N–H and O–H groups in total. The highest BCUT2D eigenvalue weighted by Crippen LogP contribution is 2.33. The fourth-order valence-electron chi connectivity index (χ4n) is 3.67. The Morgan fingerprint density at radius 3 is 2.14 bits per heavy atom. The van der Waals surface area contributed by atoms with Crippen molar-refractivity contribution in [3.8, 4) is 0 Å². The van der Waals surface area contributed by atoms with E-state index in [0.29, 0.717) is 13.0 Å². The molecule has 0 radical (unpaired) electrons. The Hall–Kier alpha value is -0.570. The lowest BCUT2D eigenvalue weighted by Gasteiger charge is -2.19. The van der Waals surface area contributed by atoms with Gasteiger partial charge in [0.25, 0.3) is 0 Å². The lowest BCUT2D eigenvalue weighted by Crippen LogP contribution is -2.23. The number of hydrogen-bond donors (Lipinski definition) is 1. The maximum Gasteiger partial charge on any atom is 0.338 e. The van der Waals surface area contributed by atoms with E-state index in [1.165, 1.54) is 70.6 Å². The number of aliphatic carboxylic acids is 1. The first-order valence-electron chi connectivity index (χ1n) is 9.10.